The van der Waals surface area contributed by atoms with E-state index in [2.05, 4.69) is 4.72 Å². The number of hydrogen-bond acceptors (Lipinski definition) is 3. The standard InChI is InChI=1S/C14H15N3O2S/c1-10-5-7-13(8-6-10)20(18,19)17-12-4-2-3-11(9-12)14(15)16/h2-9,17H,1H3,(H3,15,16). The van der Waals surface area contributed by atoms with Crippen molar-refractivity contribution >= 4 is 21.5 Å². The number of sulfonamides is 1. The van der Waals surface area contributed by atoms with E-state index < -0.39 is 10.0 Å². The van der Waals surface area contributed by atoms with Gasteiger partial charge >= 0.3 is 0 Å². The molecule has 2 aromatic carbocycles. The Morgan fingerprint density at radius 3 is 2.40 bits per heavy atom. The maximum absolute atomic E-state index is 12.2. The minimum Gasteiger partial charge on any atom is -0.384 e. The highest BCUT2D eigenvalue weighted by atomic mass is 32.2. The Morgan fingerprint density at radius 1 is 1.15 bits per heavy atom. The highest BCUT2D eigenvalue weighted by Gasteiger charge is 2.14. The van der Waals surface area contributed by atoms with Crippen molar-refractivity contribution in [2.45, 2.75) is 11.8 Å². The molecule has 6 heteroatoms. The first-order valence-corrected chi connectivity index (χ1v) is 7.41. The van der Waals surface area contributed by atoms with Gasteiger partial charge in [-0.2, -0.15) is 0 Å². The van der Waals surface area contributed by atoms with Gasteiger partial charge in [0.15, 0.2) is 0 Å². The van der Waals surface area contributed by atoms with Crippen LogP contribution in [0.25, 0.3) is 0 Å². The fourth-order valence-corrected chi connectivity index (χ4v) is 2.73. The number of hydrogen-bond donors (Lipinski definition) is 3. The summed E-state index contributed by atoms with van der Waals surface area (Å²) in [5, 5.41) is 7.35. The molecule has 0 atom stereocenters. The number of nitrogens with one attached hydrogen (secondary N) is 2. The van der Waals surface area contributed by atoms with Crippen LogP contribution in [-0.2, 0) is 10.0 Å². The van der Waals surface area contributed by atoms with E-state index in [1.165, 1.54) is 6.07 Å². The van der Waals surface area contributed by atoms with Gasteiger partial charge in [0.1, 0.15) is 5.84 Å². The summed E-state index contributed by atoms with van der Waals surface area (Å²) < 4.78 is 26.9. The van der Waals surface area contributed by atoms with Gasteiger partial charge in [-0.3, -0.25) is 10.1 Å². The van der Waals surface area contributed by atoms with E-state index in [0.29, 0.717) is 11.3 Å². The van der Waals surface area contributed by atoms with Gasteiger partial charge < -0.3 is 5.73 Å². The molecule has 0 aromatic heterocycles. The number of anilines is 1. The van der Waals surface area contributed by atoms with E-state index in [9.17, 15) is 8.42 Å². The van der Waals surface area contributed by atoms with E-state index in [-0.39, 0.29) is 10.7 Å². The Morgan fingerprint density at radius 2 is 1.80 bits per heavy atom. The predicted molar refractivity (Wildman–Crippen MR) is 79.4 cm³/mol. The number of nitrogen functional groups attached to an aromatic ring is 1. The van der Waals surface area contributed by atoms with Crippen molar-refractivity contribution in [1.29, 1.82) is 5.41 Å². The molecule has 4 N–H and O–H groups in total. The summed E-state index contributed by atoms with van der Waals surface area (Å²) in [6.07, 6.45) is 0. The molecule has 0 amide bonds. The fraction of sp³-hybridized carbons (Fsp3) is 0.0714. The van der Waals surface area contributed by atoms with Crippen molar-refractivity contribution in [3.63, 3.8) is 0 Å². The first kappa shape index (κ1) is 14.1. The van der Waals surface area contributed by atoms with Crippen LogP contribution >= 0.6 is 0 Å². The van der Waals surface area contributed by atoms with Crippen LogP contribution in [0.5, 0.6) is 0 Å². The second-order valence-electron chi connectivity index (χ2n) is 4.41. The third kappa shape index (κ3) is 3.16. The zero-order chi connectivity index (χ0) is 14.8. The average molecular weight is 289 g/mol. The third-order valence-corrected chi connectivity index (χ3v) is 4.15. The first-order valence-electron chi connectivity index (χ1n) is 5.92. The van der Waals surface area contributed by atoms with Crippen LogP contribution in [0.15, 0.2) is 53.4 Å². The normalized spacial score (nSPS) is 11.1. The molecule has 0 fully saturated rings. The van der Waals surface area contributed by atoms with Crippen molar-refractivity contribution < 1.29 is 8.42 Å². The molecule has 104 valence electrons. The van der Waals surface area contributed by atoms with E-state index in [4.69, 9.17) is 11.1 Å². The van der Waals surface area contributed by atoms with Crippen molar-refractivity contribution in [1.82, 2.24) is 0 Å². The van der Waals surface area contributed by atoms with Crippen LogP contribution in [0, 0.1) is 12.3 Å². The Balaban J connectivity index is 2.31. The number of rotatable bonds is 4. The number of amidine groups is 1. The van der Waals surface area contributed by atoms with Crippen molar-refractivity contribution in [2.75, 3.05) is 4.72 Å². The molecule has 2 aromatic rings. The van der Waals surface area contributed by atoms with Gasteiger partial charge in [-0.1, -0.05) is 29.8 Å². The van der Waals surface area contributed by atoms with Crippen LogP contribution in [0.4, 0.5) is 5.69 Å². The molecule has 0 aliphatic heterocycles. The summed E-state index contributed by atoms with van der Waals surface area (Å²) in [7, 11) is -3.63. The quantitative estimate of drug-likeness (QED) is 0.594. The lowest BCUT2D eigenvalue weighted by atomic mass is 10.2. The summed E-state index contributed by atoms with van der Waals surface area (Å²) >= 11 is 0. The molecule has 20 heavy (non-hydrogen) atoms. The van der Waals surface area contributed by atoms with Crippen molar-refractivity contribution in [2.24, 2.45) is 5.73 Å². The third-order valence-electron chi connectivity index (χ3n) is 2.76. The number of aryl methyl sites for hydroxylation is 1. The smallest absolute Gasteiger partial charge is 0.261 e. The lowest BCUT2D eigenvalue weighted by Crippen LogP contribution is -2.15. The Kier molecular flexibility index (Phi) is 3.76. The molecule has 0 heterocycles. The molecule has 0 saturated carbocycles. The molecule has 5 nitrogen and oxygen atoms in total. The van der Waals surface area contributed by atoms with Crippen LogP contribution in [-0.4, -0.2) is 14.3 Å². The summed E-state index contributed by atoms with van der Waals surface area (Å²) in [6, 6.07) is 13.0. The van der Waals surface area contributed by atoms with Gasteiger partial charge in [-0.25, -0.2) is 8.42 Å². The summed E-state index contributed by atoms with van der Waals surface area (Å²) in [4.78, 5) is 0.191. The van der Waals surface area contributed by atoms with Crippen molar-refractivity contribution in [3.8, 4) is 0 Å². The zero-order valence-electron chi connectivity index (χ0n) is 10.9. The van der Waals surface area contributed by atoms with Gasteiger partial charge in [0.25, 0.3) is 10.0 Å². The number of benzene rings is 2. The van der Waals surface area contributed by atoms with E-state index >= 15 is 0 Å². The molecule has 0 spiro atoms. The molecule has 0 unspecified atom stereocenters. The molecular weight excluding hydrogens is 274 g/mol. The van der Waals surface area contributed by atoms with Crippen LogP contribution in [0.1, 0.15) is 11.1 Å². The summed E-state index contributed by atoms with van der Waals surface area (Å²) in [5.41, 5.74) is 7.21. The average Bonchev–Trinajstić information content (AvgIpc) is 2.39. The number of nitrogens with two attached hydrogens (primary N) is 1. The maximum Gasteiger partial charge on any atom is 0.261 e. The van der Waals surface area contributed by atoms with Crippen molar-refractivity contribution in [3.05, 3.63) is 59.7 Å². The highest BCUT2D eigenvalue weighted by Crippen LogP contribution is 2.17. The first-order chi connectivity index (χ1) is 9.38. The second-order valence-corrected chi connectivity index (χ2v) is 6.10. The molecule has 0 bridgehead atoms. The molecule has 0 saturated heterocycles. The van der Waals surface area contributed by atoms with Gasteiger partial charge in [-0.05, 0) is 31.2 Å². The molecular formula is C14H15N3O2S. The van der Waals surface area contributed by atoms with E-state index in [0.717, 1.165) is 5.56 Å². The maximum atomic E-state index is 12.2. The predicted octanol–water partition coefficient (Wildman–Crippen LogP) is 2.08. The van der Waals surface area contributed by atoms with Gasteiger partial charge in [0.05, 0.1) is 4.90 Å². The van der Waals surface area contributed by atoms with E-state index in [1.807, 2.05) is 6.92 Å². The molecule has 0 radical (unpaired) electrons. The van der Waals surface area contributed by atoms with Crippen LogP contribution in [0.3, 0.4) is 0 Å². The minimum absolute atomic E-state index is 0.110. The molecule has 0 aliphatic carbocycles. The summed E-state index contributed by atoms with van der Waals surface area (Å²) in [5.74, 6) is -0.110. The van der Waals surface area contributed by atoms with E-state index in [1.54, 1.807) is 42.5 Å². The van der Waals surface area contributed by atoms with Crippen LogP contribution < -0.4 is 10.5 Å². The second kappa shape index (κ2) is 5.34. The fourth-order valence-electron chi connectivity index (χ4n) is 1.68. The van der Waals surface area contributed by atoms with Gasteiger partial charge in [-0.15, -0.1) is 0 Å². The largest absolute Gasteiger partial charge is 0.384 e. The summed E-state index contributed by atoms with van der Waals surface area (Å²) in [6.45, 7) is 1.89. The Bertz CT molecular complexity index is 737. The SMILES string of the molecule is Cc1ccc(S(=O)(=O)Nc2cccc(C(=N)N)c2)cc1. The zero-order valence-corrected chi connectivity index (χ0v) is 11.7. The Labute approximate surface area is 118 Å². The Hall–Kier alpha value is -2.34. The molecule has 2 rings (SSSR count). The topological polar surface area (TPSA) is 96.0 Å². The molecule has 0 aliphatic rings. The van der Waals surface area contributed by atoms with Gasteiger partial charge in [0, 0.05) is 11.3 Å². The van der Waals surface area contributed by atoms with Gasteiger partial charge in [0.2, 0.25) is 0 Å². The lowest BCUT2D eigenvalue weighted by Gasteiger charge is -2.09. The lowest BCUT2D eigenvalue weighted by molar-refractivity contribution is 0.601. The highest BCUT2D eigenvalue weighted by molar-refractivity contribution is 7.92. The minimum atomic E-state index is -3.63. The van der Waals surface area contributed by atoms with Crippen LogP contribution in [0.2, 0.25) is 0 Å². The monoisotopic (exact) mass is 289 g/mol.